The molecule has 0 aliphatic heterocycles. The number of hydrogen-bond acceptors (Lipinski definition) is 4. The summed E-state index contributed by atoms with van der Waals surface area (Å²) in [4.78, 5) is 10.7. The van der Waals surface area contributed by atoms with Gasteiger partial charge in [0.15, 0.2) is 0 Å². The molecule has 0 amide bonds. The van der Waals surface area contributed by atoms with Gasteiger partial charge in [-0.3, -0.25) is 0 Å². The quantitative estimate of drug-likeness (QED) is 0.779. The average molecular weight is 206 g/mol. The van der Waals surface area contributed by atoms with Crippen molar-refractivity contribution in [2.24, 2.45) is 0 Å². The standard InChI is InChI=1S/C11H18N4/c1-9-5-6-13-11(14-9)15(2)8-7-12-10-3-4-10/h5-6,10,12H,3-4,7-8H2,1-2H3. The van der Waals surface area contributed by atoms with Crippen molar-refractivity contribution in [2.45, 2.75) is 25.8 Å². The van der Waals surface area contributed by atoms with Crippen LogP contribution in [-0.4, -0.2) is 36.1 Å². The minimum Gasteiger partial charge on any atom is -0.343 e. The fourth-order valence-corrected chi connectivity index (χ4v) is 1.44. The molecule has 4 nitrogen and oxygen atoms in total. The molecule has 15 heavy (non-hydrogen) atoms. The van der Waals surface area contributed by atoms with Gasteiger partial charge in [-0.05, 0) is 25.8 Å². The number of rotatable bonds is 5. The van der Waals surface area contributed by atoms with Crippen molar-refractivity contribution < 1.29 is 0 Å². The minimum atomic E-state index is 0.775. The van der Waals surface area contributed by atoms with Crippen LogP contribution in [0.4, 0.5) is 5.95 Å². The van der Waals surface area contributed by atoms with Crippen LogP contribution >= 0.6 is 0 Å². The molecule has 1 heterocycles. The van der Waals surface area contributed by atoms with Gasteiger partial charge in [-0.25, -0.2) is 9.97 Å². The third-order valence-electron chi connectivity index (χ3n) is 2.58. The van der Waals surface area contributed by atoms with Gasteiger partial charge in [-0.15, -0.1) is 0 Å². The summed E-state index contributed by atoms with van der Waals surface area (Å²) >= 11 is 0. The topological polar surface area (TPSA) is 41.1 Å². The molecule has 0 atom stereocenters. The Bertz CT molecular complexity index is 322. The summed E-state index contributed by atoms with van der Waals surface area (Å²) in [6, 6.07) is 2.69. The normalized spacial score (nSPS) is 15.3. The van der Waals surface area contributed by atoms with E-state index in [0.717, 1.165) is 30.8 Å². The van der Waals surface area contributed by atoms with E-state index in [1.54, 1.807) is 0 Å². The fraction of sp³-hybridized carbons (Fsp3) is 0.636. The molecule has 1 aliphatic carbocycles. The van der Waals surface area contributed by atoms with Gasteiger partial charge in [-0.1, -0.05) is 0 Å². The number of anilines is 1. The molecule has 2 rings (SSSR count). The van der Waals surface area contributed by atoms with E-state index in [1.165, 1.54) is 12.8 Å². The molecule has 0 saturated heterocycles. The van der Waals surface area contributed by atoms with Gasteiger partial charge in [0.05, 0.1) is 0 Å². The second-order valence-corrected chi connectivity index (χ2v) is 4.15. The van der Waals surface area contributed by atoms with Crippen LogP contribution in [0, 0.1) is 6.92 Å². The Labute approximate surface area is 90.7 Å². The van der Waals surface area contributed by atoms with Crippen LogP contribution in [-0.2, 0) is 0 Å². The van der Waals surface area contributed by atoms with E-state index in [-0.39, 0.29) is 0 Å². The maximum Gasteiger partial charge on any atom is 0.225 e. The smallest absolute Gasteiger partial charge is 0.225 e. The van der Waals surface area contributed by atoms with Gasteiger partial charge in [0, 0.05) is 38.1 Å². The highest BCUT2D eigenvalue weighted by Gasteiger charge is 2.19. The van der Waals surface area contributed by atoms with E-state index in [0.29, 0.717) is 0 Å². The molecule has 0 spiro atoms. The minimum absolute atomic E-state index is 0.775. The molecule has 1 N–H and O–H groups in total. The number of aryl methyl sites for hydroxylation is 1. The lowest BCUT2D eigenvalue weighted by atomic mass is 10.4. The first kappa shape index (κ1) is 10.4. The third kappa shape index (κ3) is 3.16. The van der Waals surface area contributed by atoms with Gasteiger partial charge in [-0.2, -0.15) is 0 Å². The van der Waals surface area contributed by atoms with Crippen molar-refractivity contribution in [3.8, 4) is 0 Å². The van der Waals surface area contributed by atoms with Crippen molar-refractivity contribution in [3.05, 3.63) is 18.0 Å². The van der Waals surface area contributed by atoms with E-state index < -0.39 is 0 Å². The lowest BCUT2D eigenvalue weighted by Gasteiger charge is -2.17. The summed E-state index contributed by atoms with van der Waals surface area (Å²) in [5, 5.41) is 3.47. The highest BCUT2D eigenvalue weighted by molar-refractivity contribution is 5.28. The summed E-state index contributed by atoms with van der Waals surface area (Å²) in [5.74, 6) is 0.813. The highest BCUT2D eigenvalue weighted by Crippen LogP contribution is 2.18. The Balaban J connectivity index is 1.80. The van der Waals surface area contributed by atoms with E-state index in [4.69, 9.17) is 0 Å². The van der Waals surface area contributed by atoms with E-state index in [2.05, 4.69) is 20.2 Å². The van der Waals surface area contributed by atoms with E-state index in [1.807, 2.05) is 26.2 Å². The summed E-state index contributed by atoms with van der Waals surface area (Å²) < 4.78 is 0. The highest BCUT2D eigenvalue weighted by atomic mass is 15.2. The Morgan fingerprint density at radius 2 is 2.33 bits per heavy atom. The molecule has 1 saturated carbocycles. The Morgan fingerprint density at radius 1 is 1.53 bits per heavy atom. The van der Waals surface area contributed by atoms with Crippen molar-refractivity contribution >= 4 is 5.95 Å². The monoisotopic (exact) mass is 206 g/mol. The molecule has 1 aromatic heterocycles. The summed E-state index contributed by atoms with van der Waals surface area (Å²) in [6.45, 7) is 3.96. The molecular weight excluding hydrogens is 188 g/mol. The predicted molar refractivity (Wildman–Crippen MR) is 61.1 cm³/mol. The fourth-order valence-electron chi connectivity index (χ4n) is 1.44. The van der Waals surface area contributed by atoms with Crippen molar-refractivity contribution in [3.63, 3.8) is 0 Å². The van der Waals surface area contributed by atoms with Gasteiger partial charge >= 0.3 is 0 Å². The largest absolute Gasteiger partial charge is 0.343 e. The third-order valence-corrected chi connectivity index (χ3v) is 2.58. The molecule has 0 unspecified atom stereocenters. The van der Waals surface area contributed by atoms with Gasteiger partial charge in [0.2, 0.25) is 5.95 Å². The number of hydrogen-bond donors (Lipinski definition) is 1. The molecule has 82 valence electrons. The predicted octanol–water partition coefficient (Wildman–Crippen LogP) is 0.973. The van der Waals surface area contributed by atoms with Crippen LogP contribution in [0.5, 0.6) is 0 Å². The Morgan fingerprint density at radius 3 is 3.00 bits per heavy atom. The zero-order chi connectivity index (χ0) is 10.7. The summed E-state index contributed by atoms with van der Waals surface area (Å²) in [6.07, 6.45) is 4.48. The maximum absolute atomic E-state index is 4.37. The molecule has 0 bridgehead atoms. The second kappa shape index (κ2) is 4.57. The van der Waals surface area contributed by atoms with Crippen molar-refractivity contribution in [1.82, 2.24) is 15.3 Å². The van der Waals surface area contributed by atoms with Gasteiger partial charge in [0.1, 0.15) is 0 Å². The van der Waals surface area contributed by atoms with Crippen LogP contribution in [0.3, 0.4) is 0 Å². The Kier molecular flexibility index (Phi) is 3.16. The molecule has 4 heteroatoms. The SMILES string of the molecule is Cc1ccnc(N(C)CCNC2CC2)n1. The Hall–Kier alpha value is -1.16. The number of aromatic nitrogens is 2. The second-order valence-electron chi connectivity index (χ2n) is 4.15. The average Bonchev–Trinajstić information content (AvgIpc) is 3.01. The number of nitrogens with one attached hydrogen (secondary N) is 1. The van der Waals surface area contributed by atoms with Crippen LogP contribution in [0.25, 0.3) is 0 Å². The van der Waals surface area contributed by atoms with E-state index >= 15 is 0 Å². The first-order chi connectivity index (χ1) is 7.25. The summed E-state index contributed by atoms with van der Waals surface area (Å²) in [5.41, 5.74) is 1.02. The molecule has 0 aromatic carbocycles. The molecule has 1 fully saturated rings. The molecule has 0 radical (unpaired) electrons. The molecule has 1 aliphatic rings. The van der Waals surface area contributed by atoms with Crippen molar-refractivity contribution in [1.29, 1.82) is 0 Å². The van der Waals surface area contributed by atoms with Crippen LogP contribution in [0.2, 0.25) is 0 Å². The first-order valence-corrected chi connectivity index (χ1v) is 5.50. The zero-order valence-corrected chi connectivity index (χ0v) is 9.40. The number of nitrogens with zero attached hydrogens (tertiary/aromatic N) is 3. The number of likely N-dealkylation sites (N-methyl/N-ethyl adjacent to an activating group) is 1. The molecule has 1 aromatic rings. The van der Waals surface area contributed by atoms with E-state index in [9.17, 15) is 0 Å². The first-order valence-electron chi connectivity index (χ1n) is 5.50. The maximum atomic E-state index is 4.37. The van der Waals surface area contributed by atoms with Gasteiger partial charge in [0.25, 0.3) is 0 Å². The van der Waals surface area contributed by atoms with Crippen LogP contribution in [0.15, 0.2) is 12.3 Å². The lowest BCUT2D eigenvalue weighted by molar-refractivity contribution is 0.669. The van der Waals surface area contributed by atoms with Gasteiger partial charge < -0.3 is 10.2 Å². The van der Waals surface area contributed by atoms with Crippen LogP contribution in [0.1, 0.15) is 18.5 Å². The summed E-state index contributed by atoms with van der Waals surface area (Å²) in [7, 11) is 2.03. The van der Waals surface area contributed by atoms with Crippen molar-refractivity contribution in [2.75, 3.05) is 25.0 Å². The lowest BCUT2D eigenvalue weighted by Crippen LogP contribution is -2.31. The molecular formula is C11H18N4. The van der Waals surface area contributed by atoms with Crippen LogP contribution < -0.4 is 10.2 Å². The zero-order valence-electron chi connectivity index (χ0n) is 9.40.